The van der Waals surface area contributed by atoms with Crippen molar-refractivity contribution in [2.45, 2.75) is 33.4 Å². The Kier molecular flexibility index (Phi) is 4.34. The molecule has 2 rings (SSSR count). The molecule has 2 heterocycles. The van der Waals surface area contributed by atoms with E-state index in [4.69, 9.17) is 18.0 Å². The standard InChI is InChI=1S/C14H19N5S/c1-9-6-10(2)17-14(12(9)13(15)20)18-11(3)7-19-5-4-16-8-19/h4-6,8,11H,7H2,1-3H3,(H2,15,20)(H,17,18). The molecule has 6 heteroatoms. The Morgan fingerprint density at radius 3 is 2.85 bits per heavy atom. The Morgan fingerprint density at radius 1 is 1.50 bits per heavy atom. The predicted octanol–water partition coefficient (Wildman–Crippen LogP) is 2.03. The van der Waals surface area contributed by atoms with Crippen LogP contribution >= 0.6 is 12.2 Å². The fourth-order valence-corrected chi connectivity index (χ4v) is 2.50. The van der Waals surface area contributed by atoms with E-state index in [0.717, 1.165) is 29.2 Å². The first-order valence-corrected chi connectivity index (χ1v) is 6.88. The maximum absolute atomic E-state index is 5.81. The molecule has 5 nitrogen and oxygen atoms in total. The Labute approximate surface area is 124 Å². The van der Waals surface area contributed by atoms with E-state index >= 15 is 0 Å². The van der Waals surface area contributed by atoms with Crippen LogP contribution in [0.25, 0.3) is 0 Å². The Morgan fingerprint density at radius 2 is 2.25 bits per heavy atom. The lowest BCUT2D eigenvalue weighted by Gasteiger charge is -2.19. The number of aromatic nitrogens is 3. The van der Waals surface area contributed by atoms with Crippen LogP contribution in [0.3, 0.4) is 0 Å². The number of hydrogen-bond acceptors (Lipinski definition) is 4. The van der Waals surface area contributed by atoms with Gasteiger partial charge in [-0.15, -0.1) is 0 Å². The number of hydrogen-bond donors (Lipinski definition) is 2. The van der Waals surface area contributed by atoms with E-state index in [1.54, 1.807) is 12.5 Å². The number of imidazole rings is 1. The first-order valence-electron chi connectivity index (χ1n) is 6.47. The third kappa shape index (κ3) is 3.33. The van der Waals surface area contributed by atoms with Crippen LogP contribution in [0.2, 0.25) is 0 Å². The minimum atomic E-state index is 0.186. The fraction of sp³-hybridized carbons (Fsp3) is 0.357. The van der Waals surface area contributed by atoms with E-state index in [1.807, 2.05) is 30.7 Å². The van der Waals surface area contributed by atoms with Crippen LogP contribution in [0, 0.1) is 13.8 Å². The van der Waals surface area contributed by atoms with Gasteiger partial charge in [0, 0.05) is 30.7 Å². The van der Waals surface area contributed by atoms with E-state index in [0.29, 0.717) is 4.99 Å². The number of nitrogens with one attached hydrogen (secondary N) is 1. The molecule has 106 valence electrons. The number of anilines is 1. The van der Waals surface area contributed by atoms with Crippen LogP contribution in [0.1, 0.15) is 23.7 Å². The molecule has 1 unspecified atom stereocenters. The molecule has 0 amide bonds. The molecule has 1 atom stereocenters. The molecular formula is C14H19N5S. The molecule has 0 bridgehead atoms. The van der Waals surface area contributed by atoms with Gasteiger partial charge in [-0.1, -0.05) is 12.2 Å². The highest BCUT2D eigenvalue weighted by Gasteiger charge is 2.13. The number of thiocarbonyl (C=S) groups is 1. The lowest BCUT2D eigenvalue weighted by Crippen LogP contribution is -2.25. The Hall–Kier alpha value is -1.95. The van der Waals surface area contributed by atoms with Crippen LogP contribution < -0.4 is 11.1 Å². The number of nitrogens with two attached hydrogens (primary N) is 1. The molecular weight excluding hydrogens is 270 g/mol. The van der Waals surface area contributed by atoms with Crippen LogP contribution in [0.5, 0.6) is 0 Å². The summed E-state index contributed by atoms with van der Waals surface area (Å²) >= 11 is 5.13. The number of aryl methyl sites for hydroxylation is 2. The van der Waals surface area contributed by atoms with Crippen molar-refractivity contribution in [2.75, 3.05) is 5.32 Å². The van der Waals surface area contributed by atoms with Crippen LogP contribution in [0.15, 0.2) is 24.8 Å². The molecule has 20 heavy (non-hydrogen) atoms. The molecule has 0 aromatic carbocycles. The van der Waals surface area contributed by atoms with Crippen molar-refractivity contribution in [3.8, 4) is 0 Å². The summed E-state index contributed by atoms with van der Waals surface area (Å²) in [6.07, 6.45) is 5.49. The molecule has 0 saturated heterocycles. The highest BCUT2D eigenvalue weighted by Crippen LogP contribution is 2.19. The topological polar surface area (TPSA) is 68.8 Å². The van der Waals surface area contributed by atoms with Crippen molar-refractivity contribution in [3.63, 3.8) is 0 Å². The molecule has 0 radical (unpaired) electrons. The van der Waals surface area contributed by atoms with Gasteiger partial charge in [0.15, 0.2) is 0 Å². The molecule has 0 aliphatic heterocycles. The van der Waals surface area contributed by atoms with Gasteiger partial charge in [-0.3, -0.25) is 0 Å². The van der Waals surface area contributed by atoms with E-state index in [2.05, 4.69) is 22.2 Å². The van der Waals surface area contributed by atoms with Gasteiger partial charge in [0.1, 0.15) is 10.8 Å². The van der Waals surface area contributed by atoms with Gasteiger partial charge < -0.3 is 15.6 Å². The Balaban J connectivity index is 2.21. The second-order valence-electron chi connectivity index (χ2n) is 4.97. The third-order valence-corrected chi connectivity index (χ3v) is 3.22. The lowest BCUT2D eigenvalue weighted by molar-refractivity contribution is 0.616. The summed E-state index contributed by atoms with van der Waals surface area (Å²) in [6.45, 7) is 6.84. The molecule has 0 aliphatic rings. The van der Waals surface area contributed by atoms with Crippen molar-refractivity contribution < 1.29 is 0 Å². The normalized spacial score (nSPS) is 12.2. The Bertz CT molecular complexity index is 606. The lowest BCUT2D eigenvalue weighted by atomic mass is 10.1. The minimum absolute atomic E-state index is 0.186. The molecule has 0 aliphatic carbocycles. The summed E-state index contributed by atoms with van der Waals surface area (Å²) in [5.41, 5.74) is 8.62. The van der Waals surface area contributed by atoms with Crippen molar-refractivity contribution in [1.82, 2.24) is 14.5 Å². The van der Waals surface area contributed by atoms with Gasteiger partial charge in [-0.25, -0.2) is 9.97 Å². The highest BCUT2D eigenvalue weighted by molar-refractivity contribution is 7.80. The van der Waals surface area contributed by atoms with Crippen LogP contribution in [-0.2, 0) is 6.54 Å². The zero-order valence-corrected chi connectivity index (χ0v) is 12.7. The minimum Gasteiger partial charge on any atom is -0.389 e. The highest BCUT2D eigenvalue weighted by atomic mass is 32.1. The summed E-state index contributed by atoms with van der Waals surface area (Å²) in [7, 11) is 0. The van der Waals surface area contributed by atoms with Crippen LogP contribution in [-0.4, -0.2) is 25.6 Å². The third-order valence-electron chi connectivity index (χ3n) is 3.02. The summed E-state index contributed by atoms with van der Waals surface area (Å²) in [5, 5.41) is 3.38. The first-order chi connectivity index (χ1) is 9.47. The predicted molar refractivity (Wildman–Crippen MR) is 84.9 cm³/mol. The largest absolute Gasteiger partial charge is 0.389 e. The van der Waals surface area contributed by atoms with Gasteiger partial charge >= 0.3 is 0 Å². The number of pyridine rings is 1. The summed E-state index contributed by atoms with van der Waals surface area (Å²) in [6, 6.07) is 2.17. The van der Waals surface area contributed by atoms with Crippen molar-refractivity contribution in [3.05, 3.63) is 41.6 Å². The molecule has 0 fully saturated rings. The maximum atomic E-state index is 5.81. The van der Waals surface area contributed by atoms with E-state index < -0.39 is 0 Å². The van der Waals surface area contributed by atoms with Gasteiger partial charge in [-0.05, 0) is 32.4 Å². The van der Waals surface area contributed by atoms with E-state index in [9.17, 15) is 0 Å². The van der Waals surface area contributed by atoms with E-state index in [1.165, 1.54) is 0 Å². The summed E-state index contributed by atoms with van der Waals surface area (Å²) in [5.74, 6) is 0.752. The molecule has 2 aromatic heterocycles. The monoisotopic (exact) mass is 289 g/mol. The summed E-state index contributed by atoms with van der Waals surface area (Å²) < 4.78 is 2.01. The molecule has 0 saturated carbocycles. The number of rotatable bonds is 5. The van der Waals surface area contributed by atoms with Gasteiger partial charge in [-0.2, -0.15) is 0 Å². The zero-order valence-electron chi connectivity index (χ0n) is 11.9. The molecule has 3 N–H and O–H groups in total. The van der Waals surface area contributed by atoms with Gasteiger partial charge in [0.2, 0.25) is 0 Å². The quantitative estimate of drug-likeness (QED) is 0.824. The average molecular weight is 289 g/mol. The number of nitrogens with zero attached hydrogens (tertiary/aromatic N) is 3. The molecule has 0 spiro atoms. The van der Waals surface area contributed by atoms with Gasteiger partial charge in [0.25, 0.3) is 0 Å². The maximum Gasteiger partial charge on any atom is 0.137 e. The van der Waals surface area contributed by atoms with Crippen LogP contribution in [0.4, 0.5) is 5.82 Å². The van der Waals surface area contributed by atoms with Crippen molar-refractivity contribution in [2.24, 2.45) is 5.73 Å². The van der Waals surface area contributed by atoms with E-state index in [-0.39, 0.29) is 6.04 Å². The first kappa shape index (κ1) is 14.5. The average Bonchev–Trinajstić information content (AvgIpc) is 2.79. The van der Waals surface area contributed by atoms with Gasteiger partial charge in [0.05, 0.1) is 11.9 Å². The van der Waals surface area contributed by atoms with Crippen molar-refractivity contribution in [1.29, 1.82) is 0 Å². The van der Waals surface area contributed by atoms with Crippen molar-refractivity contribution >= 4 is 23.0 Å². The second kappa shape index (κ2) is 6.00. The second-order valence-corrected chi connectivity index (χ2v) is 5.41. The fourth-order valence-electron chi connectivity index (χ4n) is 2.24. The smallest absolute Gasteiger partial charge is 0.137 e. The zero-order chi connectivity index (χ0) is 14.7. The molecule has 2 aromatic rings. The SMILES string of the molecule is Cc1cc(C)c(C(N)=S)c(NC(C)Cn2ccnc2)n1. The summed E-state index contributed by atoms with van der Waals surface area (Å²) in [4.78, 5) is 8.92.